The van der Waals surface area contributed by atoms with Crippen LogP contribution in [0.1, 0.15) is 17.8 Å². The summed E-state index contributed by atoms with van der Waals surface area (Å²) in [5.41, 5.74) is 0.274. The molecule has 1 rings (SSSR count). The molecule has 0 amide bonds. The molecule has 0 saturated carbocycles. The summed E-state index contributed by atoms with van der Waals surface area (Å²) >= 11 is 0. The van der Waals surface area contributed by atoms with Gasteiger partial charge in [0.25, 0.3) is 0 Å². The molecule has 0 aliphatic rings. The molecule has 0 bridgehead atoms. The summed E-state index contributed by atoms with van der Waals surface area (Å²) in [6.07, 6.45) is 0. The van der Waals surface area contributed by atoms with Gasteiger partial charge in [-0.2, -0.15) is 0 Å². The molecule has 0 heterocycles. The molecular weight excluding hydrogens is 176 g/mol. The second-order valence-corrected chi connectivity index (χ2v) is 2.44. The van der Waals surface area contributed by atoms with Crippen LogP contribution in [0.2, 0.25) is 0 Å². The summed E-state index contributed by atoms with van der Waals surface area (Å²) in [6.45, 7) is 0. The Kier molecular flexibility index (Phi) is 5.79. The molecule has 1 N–H and O–H groups in total. The van der Waals surface area contributed by atoms with E-state index in [-0.39, 0.29) is 13.0 Å². The van der Waals surface area contributed by atoms with Gasteiger partial charge in [-0.3, -0.25) is 0 Å². The van der Waals surface area contributed by atoms with E-state index < -0.39 is 5.97 Å². The van der Waals surface area contributed by atoms with Crippen LogP contribution in [0.4, 0.5) is 0 Å². The Morgan fingerprint density at radius 1 is 0.857 bits per heavy atom. The minimum absolute atomic E-state index is 0. The second-order valence-electron chi connectivity index (χ2n) is 2.44. The maximum Gasteiger partial charge on any atom is 0.335 e. The lowest BCUT2D eigenvalue weighted by Gasteiger charge is -1.86. The summed E-state index contributed by atoms with van der Waals surface area (Å²) < 4.78 is 0. The first-order chi connectivity index (χ1) is 6.30. The van der Waals surface area contributed by atoms with Gasteiger partial charge in [-0.1, -0.05) is 49.9 Å². The van der Waals surface area contributed by atoms with Crippen LogP contribution in [0.3, 0.4) is 0 Å². The molecule has 0 atom stereocenters. The number of carboxylic acid groups (broad SMARTS) is 1. The van der Waals surface area contributed by atoms with Gasteiger partial charge in [0.1, 0.15) is 0 Å². The largest absolute Gasteiger partial charge is 0.478 e. The van der Waals surface area contributed by atoms with Crippen LogP contribution in [0.25, 0.3) is 0 Å². The molecule has 0 aromatic heterocycles. The lowest BCUT2D eigenvalue weighted by Crippen LogP contribution is -1.92. The fourth-order valence-electron chi connectivity index (χ4n) is 0.837. The zero-order chi connectivity index (χ0) is 9.52. The van der Waals surface area contributed by atoms with Crippen molar-refractivity contribution in [2.45, 2.75) is 7.43 Å². The third kappa shape index (κ3) is 4.26. The third-order valence-electron chi connectivity index (χ3n) is 1.47. The van der Waals surface area contributed by atoms with Gasteiger partial charge in [-0.25, -0.2) is 4.79 Å². The van der Waals surface area contributed by atoms with Gasteiger partial charge in [0.2, 0.25) is 0 Å². The average molecular weight is 190 g/mol. The molecule has 0 unspecified atom stereocenters. The monoisotopic (exact) mass is 190 g/mol. The number of hydrogen-bond acceptors (Lipinski definition) is 1. The topological polar surface area (TPSA) is 37.3 Å². The quantitative estimate of drug-likeness (QED) is 0.738. The molecule has 0 aliphatic carbocycles. The van der Waals surface area contributed by atoms with Crippen molar-refractivity contribution in [3.8, 4) is 0 Å². The molecule has 74 valence electrons. The Labute approximate surface area is 84.2 Å². The van der Waals surface area contributed by atoms with Crippen LogP contribution in [-0.4, -0.2) is 11.1 Å². The Balaban J connectivity index is 0.00000169. The van der Waals surface area contributed by atoms with E-state index in [1.54, 1.807) is 36.4 Å². The molecule has 2 nitrogen and oxygen atoms in total. The molecule has 0 aliphatic heterocycles. The maximum atomic E-state index is 10.6. The zero-order valence-corrected chi connectivity index (χ0v) is 7.05. The molecule has 1 aromatic rings. The van der Waals surface area contributed by atoms with E-state index in [1.807, 2.05) is 18.2 Å². The van der Waals surface area contributed by atoms with Crippen molar-refractivity contribution < 1.29 is 9.90 Å². The number of carboxylic acids is 1. The fourth-order valence-corrected chi connectivity index (χ4v) is 0.837. The number of rotatable bonds is 1. The highest BCUT2D eigenvalue weighted by molar-refractivity contribution is 5.87. The highest BCUT2D eigenvalue weighted by Crippen LogP contribution is 1.93. The van der Waals surface area contributed by atoms with E-state index in [1.165, 1.54) is 0 Å². The Morgan fingerprint density at radius 2 is 1.21 bits per heavy atom. The second kappa shape index (κ2) is 6.66. The van der Waals surface area contributed by atoms with E-state index in [9.17, 15) is 4.79 Å². The van der Waals surface area contributed by atoms with E-state index in [0.29, 0.717) is 0 Å². The molecule has 0 saturated heterocycles. The van der Waals surface area contributed by atoms with Crippen molar-refractivity contribution in [3.63, 3.8) is 0 Å². The maximum absolute atomic E-state index is 10.6. The molecule has 0 spiro atoms. The normalized spacial score (nSPS) is 8.00. The first-order valence-electron chi connectivity index (χ1n) is 3.92. The van der Waals surface area contributed by atoms with Crippen molar-refractivity contribution in [2.75, 3.05) is 0 Å². The van der Waals surface area contributed by atoms with Crippen molar-refractivity contribution in [2.24, 2.45) is 0 Å². The summed E-state index contributed by atoms with van der Waals surface area (Å²) in [7, 11) is 0. The summed E-state index contributed by atoms with van der Waals surface area (Å²) in [5.74, 6) is -0.918. The van der Waals surface area contributed by atoms with Crippen molar-refractivity contribution in [1.29, 1.82) is 0 Å². The van der Waals surface area contributed by atoms with Gasteiger partial charge in [0.05, 0.1) is 5.56 Å². The van der Waals surface area contributed by atoms with E-state index >= 15 is 0 Å². The fraction of sp³-hybridized carbons (Fsp3) is 0.0833. The Hall–Kier alpha value is -1.83. The summed E-state index contributed by atoms with van der Waals surface area (Å²) in [4.78, 5) is 10.6. The SMILES string of the molecule is C.O=C(O)c1ccccccccc1. The van der Waals surface area contributed by atoms with Crippen LogP contribution in [0.15, 0.2) is 54.6 Å². The predicted molar refractivity (Wildman–Crippen MR) is 57.8 cm³/mol. The average Bonchev–Trinajstić information content (AvgIpc) is 2.14. The van der Waals surface area contributed by atoms with E-state index in [4.69, 9.17) is 5.11 Å². The van der Waals surface area contributed by atoms with Gasteiger partial charge in [0.15, 0.2) is 0 Å². The first kappa shape index (κ1) is 12.2. The number of carbonyl (C=O) groups is 1. The zero-order valence-electron chi connectivity index (χ0n) is 7.05. The van der Waals surface area contributed by atoms with Crippen LogP contribution >= 0.6 is 0 Å². The Morgan fingerprint density at radius 3 is 1.57 bits per heavy atom. The Bertz CT molecular complexity index is 319. The highest BCUT2D eigenvalue weighted by Gasteiger charge is 1.95. The van der Waals surface area contributed by atoms with Gasteiger partial charge < -0.3 is 5.11 Å². The molecule has 0 radical (unpaired) electrons. The van der Waals surface area contributed by atoms with E-state index in [2.05, 4.69) is 0 Å². The third-order valence-corrected chi connectivity index (χ3v) is 1.47. The summed E-state index contributed by atoms with van der Waals surface area (Å²) in [6, 6.07) is 15.6. The van der Waals surface area contributed by atoms with Crippen molar-refractivity contribution in [1.82, 2.24) is 0 Å². The lowest BCUT2D eigenvalue weighted by atomic mass is 10.2. The minimum Gasteiger partial charge on any atom is -0.478 e. The summed E-state index contributed by atoms with van der Waals surface area (Å²) in [5, 5.41) is 8.72. The molecule has 14 heavy (non-hydrogen) atoms. The van der Waals surface area contributed by atoms with Gasteiger partial charge in [0, 0.05) is 0 Å². The molecule has 2 heteroatoms. The van der Waals surface area contributed by atoms with Crippen LogP contribution < -0.4 is 0 Å². The van der Waals surface area contributed by atoms with Crippen LogP contribution in [0.5, 0.6) is 0 Å². The standard InChI is InChI=1S/C11H10O2.CH4/c12-11(13)10-8-6-4-2-1-3-5-7-9-10;/h1-9H,(H,12,13);1H4. The molecule has 1 aromatic carbocycles. The molecule has 0 fully saturated rings. The van der Waals surface area contributed by atoms with Crippen LogP contribution in [-0.2, 0) is 0 Å². The minimum atomic E-state index is -0.918. The van der Waals surface area contributed by atoms with Crippen molar-refractivity contribution in [3.05, 3.63) is 60.2 Å². The van der Waals surface area contributed by atoms with Crippen LogP contribution in [0, 0.1) is 0 Å². The molecular formula is C12H14O2. The smallest absolute Gasteiger partial charge is 0.335 e. The number of hydrogen-bond donors (Lipinski definition) is 1. The van der Waals surface area contributed by atoms with Crippen molar-refractivity contribution >= 4 is 5.97 Å². The highest BCUT2D eigenvalue weighted by atomic mass is 16.4. The lowest BCUT2D eigenvalue weighted by molar-refractivity contribution is 0.0697. The number of aromatic carboxylic acids is 1. The first-order valence-corrected chi connectivity index (χ1v) is 3.92. The predicted octanol–water partition coefficient (Wildman–Crippen LogP) is 3.15. The van der Waals surface area contributed by atoms with Gasteiger partial charge >= 0.3 is 5.97 Å². The van der Waals surface area contributed by atoms with Gasteiger partial charge in [-0.05, 0) is 12.1 Å². The van der Waals surface area contributed by atoms with E-state index in [0.717, 1.165) is 0 Å². The van der Waals surface area contributed by atoms with Gasteiger partial charge in [-0.15, -0.1) is 0 Å².